The number of nitrogens with two attached hydrogens (primary N) is 1. The maximum absolute atomic E-state index is 11.3. The highest BCUT2D eigenvalue weighted by Gasteiger charge is 2.26. The Morgan fingerprint density at radius 2 is 1.67 bits per heavy atom. The Balaban J connectivity index is 1.97. The number of primary amides is 1. The standard InChI is InChI=1S/C21H23N5O/c1-3-17(21(23)27)15-16-5-7-18(8-6-16)24-25-19-9-11-20(12-10-19)26(2)14-4-13-22/h5-12H,3-4,14-15H2,1-2H3,(H-,23,27)/p+1. The molecular weight excluding hydrogens is 338 g/mol. The second-order valence-corrected chi connectivity index (χ2v) is 6.21. The van der Waals surface area contributed by atoms with Crippen molar-refractivity contribution < 1.29 is 4.79 Å². The maximum atomic E-state index is 11.3. The van der Waals surface area contributed by atoms with Crippen molar-refractivity contribution in [2.24, 2.45) is 16.0 Å². The lowest BCUT2D eigenvalue weighted by molar-refractivity contribution is -0.116. The highest BCUT2D eigenvalue weighted by molar-refractivity contribution is 5.88. The first kappa shape index (κ1) is 20.0. The van der Waals surface area contributed by atoms with Crippen molar-refractivity contribution >= 4 is 23.0 Å². The lowest BCUT2D eigenvalue weighted by atomic mass is 9.96. The van der Waals surface area contributed by atoms with Gasteiger partial charge in [-0.1, -0.05) is 12.1 Å². The van der Waals surface area contributed by atoms with E-state index in [4.69, 9.17) is 11.0 Å². The molecule has 6 nitrogen and oxygen atoms in total. The highest BCUT2D eigenvalue weighted by atomic mass is 16.1. The van der Waals surface area contributed by atoms with Gasteiger partial charge in [-0.05, 0) is 48.9 Å². The topological polar surface area (TPSA) is 94.8 Å². The van der Waals surface area contributed by atoms with Crippen molar-refractivity contribution in [3.05, 3.63) is 60.0 Å². The Morgan fingerprint density at radius 1 is 1.11 bits per heavy atom. The molecule has 0 aromatic heterocycles. The SMILES string of the molecule is CC[C+](Cc1ccc(N=Nc2ccc(N(C)CCC#N)cc2)cc1)C(N)=O. The van der Waals surface area contributed by atoms with Crippen LogP contribution in [-0.2, 0) is 11.2 Å². The monoisotopic (exact) mass is 362 g/mol. The van der Waals surface area contributed by atoms with Gasteiger partial charge in [0.15, 0.2) is 5.92 Å². The number of anilines is 1. The number of amides is 1. The fourth-order valence-corrected chi connectivity index (χ4v) is 2.55. The van der Waals surface area contributed by atoms with Gasteiger partial charge in [-0.25, -0.2) is 4.79 Å². The molecule has 138 valence electrons. The summed E-state index contributed by atoms with van der Waals surface area (Å²) in [6.45, 7) is 2.62. The summed E-state index contributed by atoms with van der Waals surface area (Å²) in [6.07, 6.45) is 1.70. The molecule has 2 rings (SSSR count). The van der Waals surface area contributed by atoms with Crippen LogP contribution in [0.3, 0.4) is 0 Å². The fraction of sp³-hybridized carbons (Fsp3) is 0.286. The Labute approximate surface area is 160 Å². The minimum atomic E-state index is -0.344. The van der Waals surface area contributed by atoms with Crippen molar-refractivity contribution in [1.29, 1.82) is 5.26 Å². The van der Waals surface area contributed by atoms with Crippen molar-refractivity contribution in [2.75, 3.05) is 18.5 Å². The number of rotatable bonds is 9. The van der Waals surface area contributed by atoms with E-state index < -0.39 is 0 Å². The molecule has 6 heteroatoms. The first-order valence-electron chi connectivity index (χ1n) is 8.86. The average molecular weight is 362 g/mol. The molecule has 0 saturated heterocycles. The zero-order valence-corrected chi connectivity index (χ0v) is 15.7. The molecule has 0 bridgehead atoms. The molecule has 0 atom stereocenters. The highest BCUT2D eigenvalue weighted by Crippen LogP contribution is 2.23. The molecule has 2 aromatic carbocycles. The summed E-state index contributed by atoms with van der Waals surface area (Å²) in [5.41, 5.74) is 8.92. The van der Waals surface area contributed by atoms with E-state index in [2.05, 4.69) is 16.3 Å². The summed E-state index contributed by atoms with van der Waals surface area (Å²) in [4.78, 5) is 13.3. The quantitative estimate of drug-likeness (QED) is 0.527. The van der Waals surface area contributed by atoms with Crippen LogP contribution in [0.1, 0.15) is 25.3 Å². The third kappa shape index (κ3) is 6.15. The molecular formula is C21H24N5O+. The van der Waals surface area contributed by atoms with E-state index in [0.717, 1.165) is 22.6 Å². The van der Waals surface area contributed by atoms with Crippen molar-refractivity contribution in [1.82, 2.24) is 0 Å². The van der Waals surface area contributed by atoms with Crippen LogP contribution in [0, 0.1) is 17.2 Å². The van der Waals surface area contributed by atoms with Gasteiger partial charge < -0.3 is 10.6 Å². The lowest BCUT2D eigenvalue weighted by Crippen LogP contribution is -2.22. The Morgan fingerprint density at radius 3 is 2.15 bits per heavy atom. The summed E-state index contributed by atoms with van der Waals surface area (Å²) in [7, 11) is 1.95. The number of carbonyl (C=O) groups excluding carboxylic acids is 1. The van der Waals surface area contributed by atoms with Gasteiger partial charge in [0.25, 0.3) is 0 Å². The number of carbonyl (C=O) groups is 1. The summed E-state index contributed by atoms with van der Waals surface area (Å²) < 4.78 is 0. The van der Waals surface area contributed by atoms with Crippen LogP contribution in [0.25, 0.3) is 0 Å². The van der Waals surface area contributed by atoms with Crippen molar-refractivity contribution in [2.45, 2.75) is 26.2 Å². The zero-order chi connectivity index (χ0) is 19.6. The molecule has 0 fully saturated rings. The van der Waals surface area contributed by atoms with Gasteiger partial charge in [0, 0.05) is 19.3 Å². The van der Waals surface area contributed by atoms with E-state index >= 15 is 0 Å². The Kier molecular flexibility index (Phi) is 7.38. The van der Waals surface area contributed by atoms with Crippen molar-refractivity contribution in [3.63, 3.8) is 0 Å². The van der Waals surface area contributed by atoms with Gasteiger partial charge in [-0.3, -0.25) is 0 Å². The van der Waals surface area contributed by atoms with Gasteiger partial charge in [0.2, 0.25) is 0 Å². The normalized spacial score (nSPS) is 10.6. The summed E-state index contributed by atoms with van der Waals surface area (Å²) in [5, 5.41) is 17.2. The second kappa shape index (κ2) is 9.97. The molecule has 2 aromatic rings. The number of azo groups is 1. The molecule has 0 radical (unpaired) electrons. The number of nitriles is 1. The van der Waals surface area contributed by atoms with E-state index in [1.165, 1.54) is 0 Å². The van der Waals surface area contributed by atoms with Crippen LogP contribution >= 0.6 is 0 Å². The van der Waals surface area contributed by atoms with E-state index in [9.17, 15) is 4.79 Å². The van der Waals surface area contributed by atoms with Crippen LogP contribution in [0.4, 0.5) is 17.1 Å². The number of nitrogens with zero attached hydrogens (tertiary/aromatic N) is 4. The minimum Gasteiger partial charge on any atom is -0.374 e. The van der Waals surface area contributed by atoms with Gasteiger partial charge in [-0.15, -0.1) is 0 Å². The predicted molar refractivity (Wildman–Crippen MR) is 107 cm³/mol. The van der Waals surface area contributed by atoms with Gasteiger partial charge in [0.1, 0.15) is 6.42 Å². The first-order chi connectivity index (χ1) is 13.0. The van der Waals surface area contributed by atoms with E-state index in [-0.39, 0.29) is 5.91 Å². The van der Waals surface area contributed by atoms with E-state index in [1.54, 1.807) is 0 Å². The molecule has 0 aliphatic heterocycles. The average Bonchev–Trinajstić information content (AvgIpc) is 2.69. The van der Waals surface area contributed by atoms with Crippen LogP contribution in [0.2, 0.25) is 0 Å². The first-order valence-corrected chi connectivity index (χ1v) is 8.86. The summed E-state index contributed by atoms with van der Waals surface area (Å²) >= 11 is 0. The summed E-state index contributed by atoms with van der Waals surface area (Å²) in [5.74, 6) is 0.368. The molecule has 0 saturated carbocycles. The molecule has 0 unspecified atom stereocenters. The number of benzene rings is 2. The third-order valence-corrected chi connectivity index (χ3v) is 4.26. The minimum absolute atomic E-state index is 0.344. The maximum Gasteiger partial charge on any atom is 0.402 e. The second-order valence-electron chi connectivity index (χ2n) is 6.21. The Hall–Kier alpha value is -3.33. The molecule has 0 aliphatic carbocycles. The van der Waals surface area contributed by atoms with Crippen LogP contribution in [0.15, 0.2) is 58.8 Å². The largest absolute Gasteiger partial charge is 0.402 e. The van der Waals surface area contributed by atoms with E-state index in [0.29, 0.717) is 31.7 Å². The molecule has 0 aliphatic rings. The molecule has 1 amide bonds. The lowest BCUT2D eigenvalue weighted by Gasteiger charge is -2.17. The molecule has 0 spiro atoms. The fourth-order valence-electron chi connectivity index (χ4n) is 2.55. The molecule has 27 heavy (non-hydrogen) atoms. The Bertz CT molecular complexity index is 806. The third-order valence-electron chi connectivity index (χ3n) is 4.26. The van der Waals surface area contributed by atoms with Crippen LogP contribution in [0.5, 0.6) is 0 Å². The van der Waals surface area contributed by atoms with Crippen molar-refractivity contribution in [3.8, 4) is 6.07 Å². The molecule has 2 N–H and O–H groups in total. The number of hydrogen-bond acceptors (Lipinski definition) is 5. The van der Waals surface area contributed by atoms with Crippen LogP contribution in [-0.4, -0.2) is 19.5 Å². The molecule has 0 heterocycles. The smallest absolute Gasteiger partial charge is 0.374 e. The summed E-state index contributed by atoms with van der Waals surface area (Å²) in [6, 6.07) is 17.5. The van der Waals surface area contributed by atoms with E-state index in [1.807, 2.05) is 67.4 Å². The number of hydrogen-bond donors (Lipinski definition) is 1. The van der Waals surface area contributed by atoms with Gasteiger partial charge in [-0.2, -0.15) is 15.5 Å². The van der Waals surface area contributed by atoms with Crippen LogP contribution < -0.4 is 10.6 Å². The van der Waals surface area contributed by atoms with Gasteiger partial charge >= 0.3 is 5.91 Å². The predicted octanol–water partition coefficient (Wildman–Crippen LogP) is 4.46. The zero-order valence-electron chi connectivity index (χ0n) is 15.7. The van der Waals surface area contributed by atoms with Gasteiger partial charge in [0.05, 0.1) is 30.3 Å².